The Labute approximate surface area is 171 Å². The van der Waals surface area contributed by atoms with Gasteiger partial charge in [0.2, 0.25) is 0 Å². The number of fused-ring (bicyclic) bond motifs is 2. The first-order valence-corrected chi connectivity index (χ1v) is 10.4. The van der Waals surface area contributed by atoms with Gasteiger partial charge in [0.1, 0.15) is 17.4 Å². The first kappa shape index (κ1) is 19.6. The van der Waals surface area contributed by atoms with Crippen LogP contribution in [-0.2, 0) is 19.4 Å². The summed E-state index contributed by atoms with van der Waals surface area (Å²) in [4.78, 5) is 13.8. The smallest absolute Gasteiger partial charge is 0.165 e. The molecule has 1 aliphatic rings. The molecule has 29 heavy (non-hydrogen) atoms. The van der Waals surface area contributed by atoms with Crippen molar-refractivity contribution in [2.75, 3.05) is 18.9 Å². The average molecular weight is 395 g/mol. The highest BCUT2D eigenvalue weighted by atomic mass is 16.5. The molecule has 1 aromatic carbocycles. The number of nitrogens with zero attached hydrogens (tertiary/aromatic N) is 4. The first-order valence-electron chi connectivity index (χ1n) is 10.4. The summed E-state index contributed by atoms with van der Waals surface area (Å²) < 4.78 is 7.98. The summed E-state index contributed by atoms with van der Waals surface area (Å²) in [6.07, 6.45) is 2.70. The van der Waals surface area contributed by atoms with Gasteiger partial charge < -0.3 is 20.4 Å². The van der Waals surface area contributed by atoms with Crippen molar-refractivity contribution in [3.8, 4) is 5.75 Å². The van der Waals surface area contributed by atoms with E-state index in [1.54, 1.807) is 0 Å². The molecule has 7 nitrogen and oxygen atoms in total. The van der Waals surface area contributed by atoms with E-state index < -0.39 is 0 Å². The molecule has 0 spiro atoms. The number of rotatable bonds is 7. The largest absolute Gasteiger partial charge is 0.493 e. The predicted molar refractivity (Wildman–Crippen MR) is 115 cm³/mol. The molecule has 0 amide bonds. The summed E-state index contributed by atoms with van der Waals surface area (Å²) in [5.41, 5.74) is 11.5. The number of nitrogen functional groups attached to an aromatic ring is 1. The van der Waals surface area contributed by atoms with Crippen LogP contribution in [0.25, 0.3) is 11.2 Å². The van der Waals surface area contributed by atoms with Gasteiger partial charge in [0, 0.05) is 25.4 Å². The third-order valence-electron chi connectivity index (χ3n) is 5.42. The Balaban J connectivity index is 1.69. The normalized spacial score (nSPS) is 13.3. The lowest BCUT2D eigenvalue weighted by Crippen LogP contribution is -2.24. The van der Waals surface area contributed by atoms with Crippen molar-refractivity contribution in [2.45, 2.75) is 59.5 Å². The summed E-state index contributed by atoms with van der Waals surface area (Å²) in [6, 6.07) is 4.89. The number of aromatic nitrogens is 4. The molecular weight excluding hydrogens is 364 g/mol. The van der Waals surface area contributed by atoms with Crippen molar-refractivity contribution in [3.63, 3.8) is 0 Å². The van der Waals surface area contributed by atoms with Crippen molar-refractivity contribution in [1.29, 1.82) is 0 Å². The molecule has 3 N–H and O–H groups in total. The fourth-order valence-electron chi connectivity index (χ4n) is 3.93. The molecule has 0 saturated carbocycles. The number of imidazole rings is 1. The van der Waals surface area contributed by atoms with Crippen LogP contribution < -0.4 is 15.8 Å². The fraction of sp³-hybridized carbons (Fsp3) is 0.500. The van der Waals surface area contributed by atoms with Gasteiger partial charge >= 0.3 is 0 Å². The Morgan fingerprint density at radius 2 is 2.03 bits per heavy atom. The number of nitrogens with one attached hydrogen (secondary N) is 1. The van der Waals surface area contributed by atoms with Gasteiger partial charge in [-0.3, -0.25) is 0 Å². The van der Waals surface area contributed by atoms with E-state index in [-0.39, 0.29) is 0 Å². The van der Waals surface area contributed by atoms with Gasteiger partial charge in [0.25, 0.3) is 0 Å². The van der Waals surface area contributed by atoms with E-state index in [4.69, 9.17) is 15.5 Å². The Hall–Kier alpha value is -2.67. The van der Waals surface area contributed by atoms with E-state index in [1.807, 2.05) is 6.92 Å². The summed E-state index contributed by atoms with van der Waals surface area (Å²) in [5, 5.41) is 3.48. The quantitative estimate of drug-likeness (QED) is 0.599. The van der Waals surface area contributed by atoms with E-state index in [0.717, 1.165) is 56.2 Å². The van der Waals surface area contributed by atoms with Crippen LogP contribution in [0.3, 0.4) is 0 Å². The van der Waals surface area contributed by atoms with Gasteiger partial charge in [-0.1, -0.05) is 19.9 Å². The van der Waals surface area contributed by atoms with Crippen molar-refractivity contribution in [3.05, 3.63) is 40.5 Å². The van der Waals surface area contributed by atoms with Crippen LogP contribution in [0.1, 0.15) is 48.6 Å². The maximum Gasteiger partial charge on any atom is 0.165 e. The molecule has 0 fully saturated rings. The Bertz CT molecular complexity index is 1040. The number of anilines is 1. The number of hydrogen-bond donors (Lipinski definition) is 2. The number of ether oxygens (including phenoxy) is 1. The van der Waals surface area contributed by atoms with E-state index >= 15 is 0 Å². The number of aryl methyl sites for hydroxylation is 3. The lowest BCUT2D eigenvalue weighted by Gasteiger charge is -2.13. The molecule has 0 radical (unpaired) electrons. The van der Waals surface area contributed by atoms with Crippen LogP contribution in [-0.4, -0.2) is 38.7 Å². The number of benzene rings is 1. The molecule has 4 rings (SSSR count). The second-order valence-electron chi connectivity index (χ2n) is 8.13. The molecule has 3 heterocycles. The highest BCUT2D eigenvalue weighted by Crippen LogP contribution is 2.30. The Morgan fingerprint density at radius 3 is 2.83 bits per heavy atom. The van der Waals surface area contributed by atoms with Crippen LogP contribution in [0, 0.1) is 13.8 Å². The lowest BCUT2D eigenvalue weighted by atomic mass is 10.0. The summed E-state index contributed by atoms with van der Waals surface area (Å²) >= 11 is 0. The highest BCUT2D eigenvalue weighted by molar-refractivity contribution is 5.82. The van der Waals surface area contributed by atoms with Crippen LogP contribution >= 0.6 is 0 Å². The zero-order valence-electron chi connectivity index (χ0n) is 17.7. The van der Waals surface area contributed by atoms with Crippen LogP contribution in [0.4, 0.5) is 5.82 Å². The van der Waals surface area contributed by atoms with Crippen molar-refractivity contribution in [2.24, 2.45) is 0 Å². The molecule has 0 aliphatic carbocycles. The molecule has 3 aromatic rings. The highest BCUT2D eigenvalue weighted by Gasteiger charge is 2.19. The predicted octanol–water partition coefficient (Wildman–Crippen LogP) is 2.94. The van der Waals surface area contributed by atoms with Crippen LogP contribution in [0.2, 0.25) is 0 Å². The second kappa shape index (κ2) is 7.99. The molecule has 0 saturated heterocycles. The number of hydrogen-bond acceptors (Lipinski definition) is 6. The third kappa shape index (κ3) is 4.05. The zero-order chi connectivity index (χ0) is 20.5. The minimum Gasteiger partial charge on any atom is -0.493 e. The molecule has 0 atom stereocenters. The molecule has 7 heteroatoms. The van der Waals surface area contributed by atoms with Gasteiger partial charge in [-0.05, 0) is 49.6 Å². The van der Waals surface area contributed by atoms with Crippen LogP contribution in [0.15, 0.2) is 12.1 Å². The molecule has 1 aliphatic heterocycles. The minimum atomic E-state index is 0.446. The summed E-state index contributed by atoms with van der Waals surface area (Å²) in [6.45, 7) is 10.9. The molecule has 0 unspecified atom stereocenters. The standard InChI is InChI=1S/C22H30N6O/c1-13(2)24-7-5-8-28-19(27-20-21(23)25-15(4)26-22(20)28)12-17-11-18-16(6-9-29-18)10-14(17)3/h10-11,13,24H,5-9,12H2,1-4H3,(H2,23,25,26). The topological polar surface area (TPSA) is 90.9 Å². The Morgan fingerprint density at radius 1 is 1.21 bits per heavy atom. The van der Waals surface area contributed by atoms with Gasteiger partial charge in [-0.15, -0.1) is 0 Å². The van der Waals surface area contributed by atoms with E-state index in [0.29, 0.717) is 23.2 Å². The second-order valence-corrected chi connectivity index (χ2v) is 8.13. The first-order chi connectivity index (χ1) is 13.9. The third-order valence-corrected chi connectivity index (χ3v) is 5.42. The summed E-state index contributed by atoms with van der Waals surface area (Å²) in [7, 11) is 0. The molecular formula is C22H30N6O. The minimum absolute atomic E-state index is 0.446. The molecule has 0 bridgehead atoms. The van der Waals surface area contributed by atoms with E-state index in [9.17, 15) is 0 Å². The fourth-order valence-corrected chi connectivity index (χ4v) is 3.93. The monoisotopic (exact) mass is 394 g/mol. The van der Waals surface area contributed by atoms with Gasteiger partial charge in [0.05, 0.1) is 6.61 Å². The molecule has 2 aromatic heterocycles. The Kier molecular flexibility index (Phi) is 5.41. The maximum absolute atomic E-state index is 6.17. The summed E-state index contributed by atoms with van der Waals surface area (Å²) in [5.74, 6) is 3.09. The average Bonchev–Trinajstić information content (AvgIpc) is 3.23. The lowest BCUT2D eigenvalue weighted by molar-refractivity contribution is 0.356. The zero-order valence-corrected chi connectivity index (χ0v) is 17.7. The maximum atomic E-state index is 6.17. The van der Waals surface area contributed by atoms with Gasteiger partial charge in [-0.25, -0.2) is 15.0 Å². The molecule has 154 valence electrons. The van der Waals surface area contributed by atoms with E-state index in [2.05, 4.69) is 52.8 Å². The van der Waals surface area contributed by atoms with Crippen molar-refractivity contribution >= 4 is 17.0 Å². The SMILES string of the molecule is Cc1nc(N)c2nc(Cc3cc4c(cc3C)CCO4)n(CCCNC(C)C)c2n1. The van der Waals surface area contributed by atoms with Crippen LogP contribution in [0.5, 0.6) is 5.75 Å². The van der Waals surface area contributed by atoms with E-state index in [1.165, 1.54) is 16.7 Å². The van der Waals surface area contributed by atoms with Crippen molar-refractivity contribution in [1.82, 2.24) is 24.8 Å². The van der Waals surface area contributed by atoms with Gasteiger partial charge in [-0.2, -0.15) is 0 Å². The van der Waals surface area contributed by atoms with Crippen molar-refractivity contribution < 1.29 is 4.74 Å². The number of nitrogens with two attached hydrogens (primary N) is 1. The van der Waals surface area contributed by atoms with Gasteiger partial charge in [0.15, 0.2) is 17.0 Å².